The largest absolute Gasteiger partial charge is 0.457 e. The second kappa shape index (κ2) is 9.29. The fourth-order valence-electron chi connectivity index (χ4n) is 2.96. The molecule has 1 atom stereocenters. The van der Waals surface area contributed by atoms with Gasteiger partial charge in [-0.3, -0.25) is 4.98 Å². The Hall–Kier alpha value is -3.56. The first-order chi connectivity index (χ1) is 14.7. The molecule has 0 unspecified atom stereocenters. The van der Waals surface area contributed by atoms with Gasteiger partial charge in [-0.15, -0.1) is 0 Å². The van der Waals surface area contributed by atoms with Crippen molar-refractivity contribution in [1.29, 1.82) is 0 Å². The summed E-state index contributed by atoms with van der Waals surface area (Å²) in [5.41, 5.74) is 1.48. The van der Waals surface area contributed by atoms with Crippen LogP contribution in [0.5, 0.6) is 11.5 Å². The molecule has 1 heterocycles. The number of nitrogens with zero attached hydrogens (tertiary/aromatic N) is 1. The number of para-hydroxylation sites is 3. The molecule has 5 nitrogen and oxygen atoms in total. The zero-order chi connectivity index (χ0) is 20.7. The summed E-state index contributed by atoms with van der Waals surface area (Å²) < 4.78 is 26.4. The van der Waals surface area contributed by atoms with Gasteiger partial charge in [0, 0.05) is 23.6 Å². The summed E-state index contributed by atoms with van der Waals surface area (Å²) in [5.74, 6) is 0.134. The average Bonchev–Trinajstić information content (AvgIpc) is 2.80. The lowest BCUT2D eigenvalue weighted by Gasteiger charge is -2.29. The second-order valence-electron chi connectivity index (χ2n) is 6.55. The molecule has 6 heteroatoms. The summed E-state index contributed by atoms with van der Waals surface area (Å²) >= 11 is 0. The van der Waals surface area contributed by atoms with Gasteiger partial charge >= 0.3 is 7.60 Å². The van der Waals surface area contributed by atoms with Gasteiger partial charge in [0.1, 0.15) is 11.5 Å². The summed E-state index contributed by atoms with van der Waals surface area (Å²) in [4.78, 5) is 4.20. The third-order valence-electron chi connectivity index (χ3n) is 4.35. The first kappa shape index (κ1) is 19.7. The van der Waals surface area contributed by atoms with Crippen molar-refractivity contribution >= 4 is 13.3 Å². The van der Waals surface area contributed by atoms with Crippen molar-refractivity contribution in [2.24, 2.45) is 0 Å². The lowest BCUT2D eigenvalue weighted by atomic mass is 10.2. The van der Waals surface area contributed by atoms with Crippen LogP contribution >= 0.6 is 7.60 Å². The first-order valence-corrected chi connectivity index (χ1v) is 11.1. The van der Waals surface area contributed by atoms with Crippen LogP contribution in [0.1, 0.15) is 11.3 Å². The van der Waals surface area contributed by atoms with Crippen molar-refractivity contribution in [3.8, 4) is 11.5 Å². The molecule has 3 aromatic carbocycles. The quantitative estimate of drug-likeness (QED) is 0.330. The van der Waals surface area contributed by atoms with Crippen LogP contribution in [0.3, 0.4) is 0 Å². The highest BCUT2D eigenvalue weighted by molar-refractivity contribution is 7.55. The Morgan fingerprint density at radius 3 is 1.73 bits per heavy atom. The van der Waals surface area contributed by atoms with Crippen molar-refractivity contribution in [1.82, 2.24) is 4.98 Å². The predicted octanol–water partition coefficient (Wildman–Crippen LogP) is 6.54. The number of rotatable bonds is 8. The van der Waals surface area contributed by atoms with E-state index in [0.717, 1.165) is 5.69 Å². The molecular weight excluding hydrogens is 395 g/mol. The van der Waals surface area contributed by atoms with E-state index in [1.54, 1.807) is 42.7 Å². The van der Waals surface area contributed by atoms with E-state index in [1.165, 1.54) is 0 Å². The SMILES string of the molecule is O=P(Oc1ccccc1)(Oc1ccccc1)[C@H](Nc1ccccc1)c1cccnc1. The molecule has 0 saturated heterocycles. The number of anilines is 1. The minimum atomic E-state index is -3.81. The fourth-order valence-corrected chi connectivity index (χ4v) is 4.86. The molecule has 30 heavy (non-hydrogen) atoms. The van der Waals surface area contributed by atoms with Gasteiger partial charge in [-0.05, 0) is 42.5 Å². The van der Waals surface area contributed by atoms with E-state index in [9.17, 15) is 4.57 Å². The molecule has 4 rings (SSSR count). The molecule has 0 saturated carbocycles. The van der Waals surface area contributed by atoms with Crippen LogP contribution in [0.25, 0.3) is 0 Å². The molecule has 0 aliphatic heterocycles. The molecule has 0 fully saturated rings. The molecule has 0 aliphatic carbocycles. The molecule has 0 radical (unpaired) electrons. The summed E-state index contributed by atoms with van der Waals surface area (Å²) in [6, 6.07) is 31.2. The van der Waals surface area contributed by atoms with Crippen LogP contribution in [-0.4, -0.2) is 4.98 Å². The summed E-state index contributed by atoms with van der Waals surface area (Å²) in [5, 5.41) is 3.32. The van der Waals surface area contributed by atoms with Crippen molar-refractivity contribution in [2.45, 2.75) is 5.78 Å². The molecule has 0 bridgehead atoms. The minimum Gasteiger partial charge on any atom is -0.414 e. The molecule has 150 valence electrons. The van der Waals surface area contributed by atoms with Gasteiger partial charge in [0.05, 0.1) is 0 Å². The Morgan fingerprint density at radius 1 is 0.700 bits per heavy atom. The molecule has 0 amide bonds. The topological polar surface area (TPSA) is 60.5 Å². The molecule has 0 spiro atoms. The molecule has 0 aliphatic rings. The highest BCUT2D eigenvalue weighted by atomic mass is 31.2. The Labute approximate surface area is 175 Å². The number of aromatic nitrogens is 1. The third kappa shape index (κ3) is 4.88. The average molecular weight is 416 g/mol. The van der Waals surface area contributed by atoms with Gasteiger partial charge < -0.3 is 14.4 Å². The third-order valence-corrected chi connectivity index (χ3v) is 6.34. The van der Waals surface area contributed by atoms with Crippen LogP contribution < -0.4 is 14.4 Å². The van der Waals surface area contributed by atoms with Gasteiger partial charge in [-0.1, -0.05) is 60.7 Å². The first-order valence-electron chi connectivity index (χ1n) is 9.53. The zero-order valence-electron chi connectivity index (χ0n) is 16.2. The van der Waals surface area contributed by atoms with E-state index in [-0.39, 0.29) is 0 Å². The van der Waals surface area contributed by atoms with Crippen LogP contribution in [0, 0.1) is 0 Å². The van der Waals surface area contributed by atoms with Crippen LogP contribution in [0.2, 0.25) is 0 Å². The standard InChI is InChI=1S/C24H21N2O3P/c27-30(28-22-14-6-2-7-15-22,29-23-16-8-3-9-17-23)24(20-11-10-18-25-19-20)26-21-12-4-1-5-13-21/h1-19,24,26H/t24-/m0/s1. The Bertz CT molecular complexity index is 1050. The number of pyridine rings is 1. The van der Waals surface area contributed by atoms with E-state index in [2.05, 4.69) is 10.3 Å². The molecular formula is C24H21N2O3P. The lowest BCUT2D eigenvalue weighted by Crippen LogP contribution is -2.18. The Balaban J connectivity index is 1.78. The molecule has 1 aromatic heterocycles. The summed E-state index contributed by atoms with van der Waals surface area (Å²) in [7, 11) is -3.81. The van der Waals surface area contributed by atoms with Crippen molar-refractivity contribution in [3.63, 3.8) is 0 Å². The highest BCUT2D eigenvalue weighted by Crippen LogP contribution is 2.60. The van der Waals surface area contributed by atoms with Gasteiger partial charge in [0.25, 0.3) is 0 Å². The molecule has 4 aromatic rings. The lowest BCUT2D eigenvalue weighted by molar-refractivity contribution is 0.376. The van der Waals surface area contributed by atoms with Crippen LogP contribution in [-0.2, 0) is 4.57 Å². The van der Waals surface area contributed by atoms with E-state index in [4.69, 9.17) is 9.05 Å². The second-order valence-corrected chi connectivity index (χ2v) is 8.51. The van der Waals surface area contributed by atoms with Gasteiger partial charge in [-0.25, -0.2) is 4.57 Å². The minimum absolute atomic E-state index is 0.459. The normalized spacial score (nSPS) is 12.0. The summed E-state index contributed by atoms with van der Waals surface area (Å²) in [6.45, 7) is 0. The highest BCUT2D eigenvalue weighted by Gasteiger charge is 2.41. The maximum atomic E-state index is 14.3. The number of hydrogen-bond donors (Lipinski definition) is 1. The smallest absolute Gasteiger partial charge is 0.414 e. The van der Waals surface area contributed by atoms with Crippen molar-refractivity contribution in [3.05, 3.63) is 121 Å². The maximum Gasteiger partial charge on any atom is 0.457 e. The monoisotopic (exact) mass is 416 g/mol. The number of benzene rings is 3. The van der Waals surface area contributed by atoms with E-state index >= 15 is 0 Å². The van der Waals surface area contributed by atoms with Crippen molar-refractivity contribution in [2.75, 3.05) is 5.32 Å². The van der Waals surface area contributed by atoms with Gasteiger partial charge in [0.15, 0.2) is 5.78 Å². The van der Waals surface area contributed by atoms with Crippen LogP contribution in [0.15, 0.2) is 116 Å². The Morgan fingerprint density at radius 2 is 1.23 bits per heavy atom. The maximum absolute atomic E-state index is 14.3. The molecule has 1 N–H and O–H groups in total. The van der Waals surface area contributed by atoms with E-state index in [0.29, 0.717) is 17.1 Å². The van der Waals surface area contributed by atoms with Gasteiger partial charge in [0.2, 0.25) is 0 Å². The fraction of sp³-hybridized carbons (Fsp3) is 0.0417. The van der Waals surface area contributed by atoms with E-state index < -0.39 is 13.4 Å². The van der Waals surface area contributed by atoms with Crippen LogP contribution in [0.4, 0.5) is 5.69 Å². The number of nitrogens with one attached hydrogen (secondary N) is 1. The zero-order valence-corrected chi connectivity index (χ0v) is 17.1. The Kier molecular flexibility index (Phi) is 6.11. The van der Waals surface area contributed by atoms with Crippen molar-refractivity contribution < 1.29 is 13.6 Å². The number of hydrogen-bond acceptors (Lipinski definition) is 5. The predicted molar refractivity (Wildman–Crippen MR) is 119 cm³/mol. The summed E-state index contributed by atoms with van der Waals surface area (Å²) in [6.07, 6.45) is 3.33. The van der Waals surface area contributed by atoms with E-state index in [1.807, 2.05) is 72.8 Å². The van der Waals surface area contributed by atoms with Gasteiger partial charge in [-0.2, -0.15) is 0 Å².